The Kier molecular flexibility index (Phi) is 11.3. The molecule has 3 amide bonds. The SMILES string of the molecule is CNCCCCC[C@@H]1OC(O)C(C)(C)/C=C/c2ccc3ccc(nc3c2)N(C)NC(=O)[C@@H]2CCCN(N2)C(=O)[C@H](C)NC1=O. The van der Waals surface area contributed by atoms with E-state index in [0.717, 1.165) is 42.3 Å². The number of aliphatic hydroxyl groups excluding tert-OH is 1. The van der Waals surface area contributed by atoms with Crippen LogP contribution in [0.15, 0.2) is 36.4 Å². The number of aromatic nitrogens is 1. The van der Waals surface area contributed by atoms with Crippen LogP contribution in [-0.4, -0.2) is 84.5 Å². The number of carbonyl (C=O) groups excluding carboxylic acids is 3. The lowest BCUT2D eigenvalue weighted by Crippen LogP contribution is -2.62. The molecule has 4 rings (SSSR count). The lowest BCUT2D eigenvalue weighted by molar-refractivity contribution is -0.188. The molecule has 1 fully saturated rings. The number of hydrazine groups is 2. The standard InChI is InChI=1S/C32H47N7O5/c1-21-30(42)39-19-9-10-24(36-39)28(40)37-38(5)27-15-14-23-13-12-22(20-25(23)35-27)16-17-32(2,3)31(43)44-26(29(41)34-21)11-7-6-8-18-33-4/h12-17,20-21,24,26,31,33,36,43H,6-11,18-19H2,1-5H3,(H,34,41)(H,37,40)/b17-16+/t21-,24-,26-,31?/m0/s1. The first-order chi connectivity index (χ1) is 21.0. The molecular formula is C32H47N7O5. The summed E-state index contributed by atoms with van der Waals surface area (Å²) in [5.74, 6) is -0.570. The van der Waals surface area contributed by atoms with Gasteiger partial charge in [0.1, 0.15) is 24.0 Å². The van der Waals surface area contributed by atoms with E-state index in [1.807, 2.05) is 63.4 Å². The van der Waals surface area contributed by atoms with Crippen LogP contribution < -0.4 is 26.5 Å². The van der Waals surface area contributed by atoms with E-state index in [4.69, 9.17) is 9.72 Å². The molecule has 12 nitrogen and oxygen atoms in total. The maximum absolute atomic E-state index is 13.5. The van der Waals surface area contributed by atoms with E-state index in [1.54, 1.807) is 19.0 Å². The molecule has 5 N–H and O–H groups in total. The number of pyridine rings is 1. The molecule has 4 atom stereocenters. The number of nitrogens with zero attached hydrogens (tertiary/aromatic N) is 3. The Morgan fingerprint density at radius 3 is 2.66 bits per heavy atom. The van der Waals surface area contributed by atoms with E-state index in [0.29, 0.717) is 31.6 Å². The minimum atomic E-state index is -1.28. The highest BCUT2D eigenvalue weighted by atomic mass is 16.6. The molecule has 2 aliphatic heterocycles. The highest BCUT2D eigenvalue weighted by Crippen LogP contribution is 2.28. The van der Waals surface area contributed by atoms with Gasteiger partial charge in [0.05, 0.1) is 5.52 Å². The van der Waals surface area contributed by atoms with Crippen molar-refractivity contribution < 1.29 is 24.2 Å². The zero-order valence-electron chi connectivity index (χ0n) is 26.4. The summed E-state index contributed by atoms with van der Waals surface area (Å²) in [5, 5.41) is 21.0. The number of nitrogens with one attached hydrogen (secondary N) is 4. The molecule has 3 heterocycles. The summed E-state index contributed by atoms with van der Waals surface area (Å²) in [6.45, 7) is 6.55. The van der Waals surface area contributed by atoms with Crippen molar-refractivity contribution in [2.75, 3.05) is 32.2 Å². The lowest BCUT2D eigenvalue weighted by atomic mass is 9.91. The lowest BCUT2D eigenvalue weighted by Gasteiger charge is -2.35. The van der Waals surface area contributed by atoms with Crippen molar-refractivity contribution in [1.82, 2.24) is 31.5 Å². The second kappa shape index (κ2) is 14.9. The fourth-order valence-corrected chi connectivity index (χ4v) is 5.24. The Morgan fingerprint density at radius 2 is 1.89 bits per heavy atom. The van der Waals surface area contributed by atoms with Gasteiger partial charge in [-0.3, -0.25) is 29.8 Å². The second-order valence-corrected chi connectivity index (χ2v) is 12.3. The quantitative estimate of drug-likeness (QED) is 0.311. The third-order valence-electron chi connectivity index (χ3n) is 8.14. The highest BCUT2D eigenvalue weighted by molar-refractivity contribution is 5.90. The molecule has 2 aliphatic rings. The van der Waals surface area contributed by atoms with Crippen LogP contribution in [0.25, 0.3) is 17.0 Å². The van der Waals surface area contributed by atoms with E-state index in [-0.39, 0.29) is 11.8 Å². The number of unbranched alkanes of at least 4 members (excludes halogenated alkanes) is 2. The molecular weight excluding hydrogens is 562 g/mol. The maximum atomic E-state index is 13.5. The van der Waals surface area contributed by atoms with Gasteiger partial charge in [0, 0.05) is 24.4 Å². The second-order valence-electron chi connectivity index (χ2n) is 12.3. The summed E-state index contributed by atoms with van der Waals surface area (Å²) in [6, 6.07) is 8.11. The van der Waals surface area contributed by atoms with E-state index in [9.17, 15) is 19.5 Å². The molecule has 240 valence electrons. The number of aliphatic hydroxyl groups is 1. The summed E-state index contributed by atoms with van der Waals surface area (Å²) < 4.78 is 6.02. The number of benzene rings is 1. The molecule has 1 aromatic carbocycles. The monoisotopic (exact) mass is 609 g/mol. The average molecular weight is 610 g/mol. The van der Waals surface area contributed by atoms with Crippen LogP contribution in [-0.2, 0) is 19.1 Å². The van der Waals surface area contributed by atoms with E-state index in [2.05, 4.69) is 21.5 Å². The molecule has 2 aromatic rings. The smallest absolute Gasteiger partial charge is 0.258 e. The Labute approximate surface area is 259 Å². The van der Waals surface area contributed by atoms with Gasteiger partial charge in [0.15, 0.2) is 6.29 Å². The van der Waals surface area contributed by atoms with Gasteiger partial charge in [-0.2, -0.15) is 0 Å². The van der Waals surface area contributed by atoms with Gasteiger partial charge in [-0.05, 0) is 70.0 Å². The zero-order valence-corrected chi connectivity index (χ0v) is 26.4. The Morgan fingerprint density at radius 1 is 1.11 bits per heavy atom. The van der Waals surface area contributed by atoms with Crippen LogP contribution in [0.1, 0.15) is 64.9 Å². The van der Waals surface area contributed by atoms with Crippen molar-refractivity contribution in [3.8, 4) is 0 Å². The van der Waals surface area contributed by atoms with Crippen LogP contribution >= 0.6 is 0 Å². The van der Waals surface area contributed by atoms with Gasteiger partial charge in [0.25, 0.3) is 11.8 Å². The van der Waals surface area contributed by atoms with Gasteiger partial charge >= 0.3 is 0 Å². The first kappa shape index (κ1) is 33.3. The molecule has 5 bridgehead atoms. The maximum Gasteiger partial charge on any atom is 0.258 e. The van der Waals surface area contributed by atoms with Crippen LogP contribution in [0.5, 0.6) is 0 Å². The van der Waals surface area contributed by atoms with Gasteiger partial charge in [0.2, 0.25) is 5.91 Å². The van der Waals surface area contributed by atoms with Crippen LogP contribution in [0.3, 0.4) is 0 Å². The van der Waals surface area contributed by atoms with E-state index in [1.165, 1.54) is 5.01 Å². The number of rotatable bonds is 6. The molecule has 0 radical (unpaired) electrons. The van der Waals surface area contributed by atoms with E-state index < -0.39 is 35.8 Å². The fraction of sp³-hybridized carbons (Fsp3) is 0.562. The van der Waals surface area contributed by atoms with Gasteiger partial charge in [-0.25, -0.2) is 10.4 Å². The largest absolute Gasteiger partial charge is 0.367 e. The number of amides is 3. The summed E-state index contributed by atoms with van der Waals surface area (Å²) in [5.41, 5.74) is 6.67. The van der Waals surface area contributed by atoms with Crippen molar-refractivity contribution in [1.29, 1.82) is 0 Å². The van der Waals surface area contributed by atoms with Crippen molar-refractivity contribution in [3.63, 3.8) is 0 Å². The van der Waals surface area contributed by atoms with Gasteiger partial charge in [-0.1, -0.05) is 51.0 Å². The minimum absolute atomic E-state index is 0.297. The molecule has 44 heavy (non-hydrogen) atoms. The molecule has 0 saturated carbocycles. The third-order valence-corrected chi connectivity index (χ3v) is 8.14. The summed E-state index contributed by atoms with van der Waals surface area (Å²) in [7, 11) is 3.61. The minimum Gasteiger partial charge on any atom is -0.367 e. The van der Waals surface area contributed by atoms with Crippen molar-refractivity contribution >= 4 is 40.5 Å². The molecule has 12 heteroatoms. The predicted octanol–water partition coefficient (Wildman–Crippen LogP) is 2.24. The molecule has 0 aliphatic carbocycles. The Bertz CT molecular complexity index is 1350. The number of ether oxygens (including phenoxy) is 1. The van der Waals surface area contributed by atoms with Crippen LogP contribution in [0, 0.1) is 5.41 Å². The molecule has 1 saturated heterocycles. The topological polar surface area (TPSA) is 148 Å². The van der Waals surface area contributed by atoms with Crippen molar-refractivity contribution in [2.45, 2.75) is 83.8 Å². The zero-order chi connectivity index (χ0) is 31.9. The summed E-state index contributed by atoms with van der Waals surface area (Å²) in [4.78, 5) is 44.8. The normalized spacial score (nSPS) is 25.9. The van der Waals surface area contributed by atoms with Crippen molar-refractivity contribution in [3.05, 3.63) is 42.0 Å². The van der Waals surface area contributed by atoms with Gasteiger partial charge < -0.3 is 20.5 Å². The Balaban J connectivity index is 1.64. The number of anilines is 1. The molecule has 0 spiro atoms. The first-order valence-electron chi connectivity index (χ1n) is 15.5. The van der Waals surface area contributed by atoms with Crippen molar-refractivity contribution in [2.24, 2.45) is 5.41 Å². The average Bonchev–Trinajstić information content (AvgIpc) is 3.01. The highest BCUT2D eigenvalue weighted by Gasteiger charge is 2.34. The molecule has 1 unspecified atom stereocenters. The predicted molar refractivity (Wildman–Crippen MR) is 170 cm³/mol. The number of hydrogen-bond donors (Lipinski definition) is 5. The number of hydrogen-bond acceptors (Lipinski definition) is 9. The summed E-state index contributed by atoms with van der Waals surface area (Å²) >= 11 is 0. The number of carbonyl (C=O) groups is 3. The first-order valence-corrected chi connectivity index (χ1v) is 15.5. The van der Waals surface area contributed by atoms with Gasteiger partial charge in [-0.15, -0.1) is 0 Å². The third kappa shape index (κ3) is 8.53. The summed E-state index contributed by atoms with van der Waals surface area (Å²) in [6.07, 6.45) is 5.61. The fourth-order valence-electron chi connectivity index (χ4n) is 5.24. The Hall–Kier alpha value is -3.58. The van der Waals surface area contributed by atoms with E-state index >= 15 is 0 Å². The number of fused-ring (bicyclic) bond motifs is 4. The molecule has 1 aromatic heterocycles. The van der Waals surface area contributed by atoms with Crippen LogP contribution in [0.4, 0.5) is 5.82 Å². The van der Waals surface area contributed by atoms with Crippen LogP contribution in [0.2, 0.25) is 0 Å².